The number of rotatable bonds is 0. The standard InChI is InChI=1S/2C14H24N2O3.C13H22N2O3/c2*1-10-9-14(11(17)15-10)5-7-16(8-6-14)12(18)19-13(2,3)4;1-12(2,3)18-11(17)15-8-5-13(6-9-15)4-7-14-10(13)16/h2*10H,5-9H2,1-4H3,(H,15,17);4-9H2,1-3H3,(H,14,16)/t10-;;/m0../s1. The van der Waals surface area contributed by atoms with E-state index in [0.29, 0.717) is 39.3 Å². The second-order valence-electron chi connectivity index (χ2n) is 19.9. The first-order valence-corrected chi connectivity index (χ1v) is 20.6. The average molecular weight is 791 g/mol. The Hall–Kier alpha value is -3.78. The molecule has 15 nitrogen and oxygen atoms in total. The van der Waals surface area contributed by atoms with Crippen molar-refractivity contribution >= 4 is 36.0 Å². The summed E-state index contributed by atoms with van der Waals surface area (Å²) in [5.74, 6) is 0.471. The Morgan fingerprint density at radius 2 is 0.786 bits per heavy atom. The van der Waals surface area contributed by atoms with Crippen LogP contribution >= 0.6 is 0 Å². The lowest BCUT2D eigenvalue weighted by molar-refractivity contribution is -0.130. The van der Waals surface area contributed by atoms with E-state index >= 15 is 0 Å². The third kappa shape index (κ3) is 11.6. The molecule has 6 heterocycles. The number of hydrogen-bond acceptors (Lipinski definition) is 9. The summed E-state index contributed by atoms with van der Waals surface area (Å²) in [6.07, 6.45) is 6.31. The highest BCUT2D eigenvalue weighted by Crippen LogP contribution is 2.42. The Morgan fingerprint density at radius 1 is 0.500 bits per heavy atom. The Morgan fingerprint density at radius 3 is 1.00 bits per heavy atom. The number of likely N-dealkylation sites (tertiary alicyclic amines) is 3. The quantitative estimate of drug-likeness (QED) is 0.273. The van der Waals surface area contributed by atoms with E-state index in [1.807, 2.05) is 76.2 Å². The van der Waals surface area contributed by atoms with Crippen LogP contribution in [-0.4, -0.2) is 125 Å². The van der Waals surface area contributed by atoms with Gasteiger partial charge in [-0.15, -0.1) is 0 Å². The molecule has 0 aromatic rings. The summed E-state index contributed by atoms with van der Waals surface area (Å²) in [5.41, 5.74) is -2.12. The van der Waals surface area contributed by atoms with Crippen molar-refractivity contribution in [1.29, 1.82) is 0 Å². The molecule has 3 N–H and O–H groups in total. The molecule has 6 saturated heterocycles. The SMILES string of the molecule is CC(C)(C)OC(=O)N1CCC2(CCNC2=O)CC1.CC1CC2(CCN(C(=O)OC(C)(C)C)CC2)C(=O)N1.C[C@H]1CC2(CCN(C(=O)OC(C)(C)C)CC2)C(=O)N1. The number of amides is 6. The highest BCUT2D eigenvalue weighted by atomic mass is 16.6. The lowest BCUT2D eigenvalue weighted by Crippen LogP contribution is -2.47. The summed E-state index contributed by atoms with van der Waals surface area (Å²) >= 11 is 0. The number of nitrogens with zero attached hydrogens (tertiary/aromatic N) is 3. The molecule has 0 bridgehead atoms. The van der Waals surface area contributed by atoms with Crippen LogP contribution in [0.2, 0.25) is 0 Å². The number of hydrogen-bond donors (Lipinski definition) is 3. The summed E-state index contributed by atoms with van der Waals surface area (Å²) in [6, 6.07) is 0.501. The zero-order valence-electron chi connectivity index (χ0n) is 36.0. The smallest absolute Gasteiger partial charge is 0.410 e. The van der Waals surface area contributed by atoms with E-state index in [1.54, 1.807) is 14.7 Å². The maximum Gasteiger partial charge on any atom is 0.410 e. The first kappa shape index (κ1) is 44.9. The zero-order chi connectivity index (χ0) is 41.9. The average Bonchev–Trinajstić information content (AvgIpc) is 3.65. The van der Waals surface area contributed by atoms with Crippen molar-refractivity contribution in [1.82, 2.24) is 30.7 Å². The van der Waals surface area contributed by atoms with Gasteiger partial charge in [0.1, 0.15) is 16.8 Å². The molecule has 0 aromatic carbocycles. The fourth-order valence-corrected chi connectivity index (χ4v) is 8.60. The zero-order valence-corrected chi connectivity index (χ0v) is 36.0. The van der Waals surface area contributed by atoms with Crippen LogP contribution in [0.4, 0.5) is 14.4 Å². The molecule has 0 aliphatic carbocycles. The summed E-state index contributed by atoms with van der Waals surface area (Å²) in [7, 11) is 0. The van der Waals surface area contributed by atoms with Crippen LogP contribution in [0.1, 0.15) is 134 Å². The highest BCUT2D eigenvalue weighted by molar-refractivity contribution is 5.86. The minimum Gasteiger partial charge on any atom is -0.444 e. The van der Waals surface area contributed by atoms with Gasteiger partial charge in [0, 0.05) is 57.9 Å². The van der Waals surface area contributed by atoms with Crippen molar-refractivity contribution in [3.63, 3.8) is 0 Å². The first-order chi connectivity index (χ1) is 25.8. The van der Waals surface area contributed by atoms with E-state index in [0.717, 1.165) is 64.3 Å². The monoisotopic (exact) mass is 791 g/mol. The van der Waals surface area contributed by atoms with E-state index in [2.05, 4.69) is 16.0 Å². The van der Waals surface area contributed by atoms with Crippen molar-refractivity contribution in [2.45, 2.75) is 163 Å². The molecule has 6 amide bonds. The van der Waals surface area contributed by atoms with Gasteiger partial charge in [-0.1, -0.05) is 0 Å². The summed E-state index contributed by atoms with van der Waals surface area (Å²) in [5, 5.41) is 8.86. The van der Waals surface area contributed by atoms with Crippen LogP contribution in [0.5, 0.6) is 0 Å². The molecule has 15 heteroatoms. The minimum atomic E-state index is -0.467. The second-order valence-corrected chi connectivity index (χ2v) is 19.9. The Kier molecular flexibility index (Phi) is 13.6. The van der Waals surface area contributed by atoms with Crippen LogP contribution in [0.3, 0.4) is 0 Å². The van der Waals surface area contributed by atoms with Crippen molar-refractivity contribution in [2.75, 3.05) is 45.8 Å². The van der Waals surface area contributed by atoms with Crippen molar-refractivity contribution < 1.29 is 43.0 Å². The molecule has 0 radical (unpaired) electrons. The van der Waals surface area contributed by atoms with Crippen LogP contribution in [0.15, 0.2) is 0 Å². The van der Waals surface area contributed by atoms with E-state index in [-0.39, 0.29) is 64.3 Å². The number of carbonyl (C=O) groups excluding carboxylic acids is 6. The van der Waals surface area contributed by atoms with Crippen LogP contribution in [0.25, 0.3) is 0 Å². The molecule has 0 aromatic heterocycles. The van der Waals surface area contributed by atoms with Crippen molar-refractivity contribution in [3.8, 4) is 0 Å². The predicted octanol–water partition coefficient (Wildman–Crippen LogP) is 5.35. The number of piperidine rings is 3. The van der Waals surface area contributed by atoms with Crippen LogP contribution in [0, 0.1) is 16.2 Å². The van der Waals surface area contributed by atoms with Gasteiger partial charge < -0.3 is 44.9 Å². The van der Waals surface area contributed by atoms with Gasteiger partial charge in [0.05, 0.1) is 16.2 Å². The molecule has 2 atom stereocenters. The third-order valence-corrected chi connectivity index (χ3v) is 11.6. The van der Waals surface area contributed by atoms with Gasteiger partial charge in [-0.05, 0) is 134 Å². The minimum absolute atomic E-state index is 0.156. The number of carbonyl (C=O) groups is 6. The van der Waals surface area contributed by atoms with Gasteiger partial charge in [0.15, 0.2) is 0 Å². The van der Waals surface area contributed by atoms with E-state index in [4.69, 9.17) is 14.2 Å². The van der Waals surface area contributed by atoms with Gasteiger partial charge >= 0.3 is 18.3 Å². The van der Waals surface area contributed by atoms with Crippen molar-refractivity contribution in [2.24, 2.45) is 16.2 Å². The van der Waals surface area contributed by atoms with Crippen molar-refractivity contribution in [3.05, 3.63) is 0 Å². The van der Waals surface area contributed by atoms with Gasteiger partial charge in [0.2, 0.25) is 17.7 Å². The van der Waals surface area contributed by atoms with Crippen LogP contribution in [-0.2, 0) is 28.6 Å². The Balaban J connectivity index is 0.000000187. The fraction of sp³-hybridized carbons (Fsp3) is 0.854. The second kappa shape index (κ2) is 17.0. The van der Waals surface area contributed by atoms with E-state index < -0.39 is 16.8 Å². The third-order valence-electron chi connectivity index (χ3n) is 11.6. The number of ether oxygens (including phenoxy) is 3. The molecule has 56 heavy (non-hydrogen) atoms. The molecule has 3 spiro atoms. The molecule has 0 saturated carbocycles. The van der Waals surface area contributed by atoms with E-state index in [9.17, 15) is 28.8 Å². The Labute approximate surface area is 334 Å². The maximum absolute atomic E-state index is 12.0. The van der Waals surface area contributed by atoms with Gasteiger partial charge in [-0.2, -0.15) is 0 Å². The van der Waals surface area contributed by atoms with Gasteiger partial charge in [-0.25, -0.2) is 14.4 Å². The van der Waals surface area contributed by atoms with Gasteiger partial charge in [0.25, 0.3) is 0 Å². The molecule has 1 unspecified atom stereocenters. The fourth-order valence-electron chi connectivity index (χ4n) is 8.60. The summed E-state index contributed by atoms with van der Waals surface area (Å²) < 4.78 is 16.1. The molecule has 6 rings (SSSR count). The molecule has 6 aliphatic heterocycles. The lowest BCUT2D eigenvalue weighted by atomic mass is 9.76. The molecule has 318 valence electrons. The molecule has 6 aliphatic rings. The molecular weight excluding hydrogens is 720 g/mol. The maximum atomic E-state index is 12.0. The lowest BCUT2D eigenvalue weighted by Gasteiger charge is -2.37. The first-order valence-electron chi connectivity index (χ1n) is 20.6. The number of nitrogens with one attached hydrogen (secondary N) is 3. The summed E-state index contributed by atoms with van der Waals surface area (Å²) in [4.78, 5) is 76.8. The molecular formula is C41H70N6O9. The highest BCUT2D eigenvalue weighted by Gasteiger charge is 2.49. The topological polar surface area (TPSA) is 176 Å². The molecule has 6 fully saturated rings. The van der Waals surface area contributed by atoms with E-state index in [1.165, 1.54) is 0 Å². The summed E-state index contributed by atoms with van der Waals surface area (Å²) in [6.45, 7) is 25.3. The normalized spacial score (nSPS) is 25.3. The Bertz CT molecular complexity index is 1380. The van der Waals surface area contributed by atoms with Gasteiger partial charge in [-0.3, -0.25) is 14.4 Å². The largest absolute Gasteiger partial charge is 0.444 e. The predicted molar refractivity (Wildman–Crippen MR) is 210 cm³/mol. The van der Waals surface area contributed by atoms with Crippen LogP contribution < -0.4 is 16.0 Å².